The summed E-state index contributed by atoms with van der Waals surface area (Å²) in [5, 5.41) is 3.19. The maximum absolute atomic E-state index is 3.51. The molecule has 1 aromatic carbocycles. The van der Waals surface area contributed by atoms with Crippen LogP contribution in [0.4, 0.5) is 0 Å². The molecule has 0 bridgehead atoms. The number of benzene rings is 1. The summed E-state index contributed by atoms with van der Waals surface area (Å²) < 4.78 is 1.13. The van der Waals surface area contributed by atoms with Crippen LogP contribution in [0, 0.1) is 0 Å². The fraction of sp³-hybridized carbons (Fsp3) is 0.333. The number of hydrogen-bond donors (Lipinski definition) is 0. The third kappa shape index (κ3) is 4.18. The van der Waals surface area contributed by atoms with Crippen molar-refractivity contribution in [3.63, 3.8) is 0 Å². The second-order valence-electron chi connectivity index (χ2n) is 7.81. The zero-order valence-electron chi connectivity index (χ0n) is 13.9. The number of rotatable bonds is 3. The molecule has 0 saturated carbocycles. The van der Waals surface area contributed by atoms with E-state index in [0.29, 0.717) is 0 Å². The SMILES string of the molecule is C[Si](C)(C)C1=C/C(=C\c2ccc(Br)cc2)C([Si](C)(C)C)=C1. The van der Waals surface area contributed by atoms with Gasteiger partial charge in [-0.1, -0.05) is 89.9 Å². The third-order valence-electron chi connectivity index (χ3n) is 3.79. The highest BCUT2D eigenvalue weighted by Gasteiger charge is 2.29. The third-order valence-corrected chi connectivity index (χ3v) is 8.39. The Hall–Kier alpha value is -0.646. The van der Waals surface area contributed by atoms with Gasteiger partial charge in [-0.2, -0.15) is 0 Å². The predicted molar refractivity (Wildman–Crippen MR) is 105 cm³/mol. The normalized spacial score (nSPS) is 18.0. The Balaban J connectivity index is 2.47. The Morgan fingerprint density at radius 3 is 1.86 bits per heavy atom. The number of allylic oxidation sites excluding steroid dienone is 5. The van der Waals surface area contributed by atoms with Crippen LogP contribution in [0.1, 0.15) is 5.56 Å². The number of hydrogen-bond acceptors (Lipinski definition) is 0. The molecule has 0 fully saturated rings. The second kappa shape index (κ2) is 5.86. The molecule has 0 unspecified atom stereocenters. The molecule has 0 amide bonds. The summed E-state index contributed by atoms with van der Waals surface area (Å²) in [5.74, 6) is 0. The van der Waals surface area contributed by atoms with Crippen LogP contribution in [0.15, 0.2) is 56.9 Å². The Labute approximate surface area is 139 Å². The van der Waals surface area contributed by atoms with E-state index in [1.54, 1.807) is 10.4 Å². The van der Waals surface area contributed by atoms with E-state index in [4.69, 9.17) is 0 Å². The van der Waals surface area contributed by atoms with E-state index >= 15 is 0 Å². The lowest BCUT2D eigenvalue weighted by atomic mass is 10.1. The Morgan fingerprint density at radius 2 is 1.38 bits per heavy atom. The summed E-state index contributed by atoms with van der Waals surface area (Å²) in [6.07, 6.45) is 7.30. The fourth-order valence-corrected chi connectivity index (χ4v) is 5.64. The first-order valence-electron chi connectivity index (χ1n) is 7.49. The van der Waals surface area contributed by atoms with Gasteiger partial charge in [-0.3, -0.25) is 0 Å². The average Bonchev–Trinajstić information content (AvgIpc) is 2.75. The van der Waals surface area contributed by atoms with Gasteiger partial charge >= 0.3 is 0 Å². The molecule has 0 radical (unpaired) electrons. The fourth-order valence-electron chi connectivity index (χ4n) is 2.47. The Morgan fingerprint density at radius 1 is 0.810 bits per heavy atom. The molecule has 1 aromatic rings. The van der Waals surface area contributed by atoms with Gasteiger partial charge in [0.2, 0.25) is 0 Å². The smallest absolute Gasteiger partial charge is 0.0656 e. The van der Waals surface area contributed by atoms with Gasteiger partial charge < -0.3 is 0 Å². The zero-order valence-corrected chi connectivity index (χ0v) is 17.5. The molecule has 1 aliphatic rings. The summed E-state index contributed by atoms with van der Waals surface area (Å²) >= 11 is 3.51. The van der Waals surface area contributed by atoms with Crippen LogP contribution in [0.3, 0.4) is 0 Å². The molecule has 0 N–H and O–H groups in total. The summed E-state index contributed by atoms with van der Waals surface area (Å²) in [4.78, 5) is 0. The van der Waals surface area contributed by atoms with Crippen molar-refractivity contribution in [1.29, 1.82) is 0 Å². The van der Waals surface area contributed by atoms with E-state index < -0.39 is 16.1 Å². The van der Waals surface area contributed by atoms with Gasteiger partial charge in [0.1, 0.15) is 0 Å². The molecule has 21 heavy (non-hydrogen) atoms. The molecule has 0 spiro atoms. The van der Waals surface area contributed by atoms with Crippen LogP contribution >= 0.6 is 15.9 Å². The molecule has 0 aromatic heterocycles. The summed E-state index contributed by atoms with van der Waals surface area (Å²) in [5.41, 5.74) is 2.72. The van der Waals surface area contributed by atoms with E-state index in [1.807, 2.05) is 0 Å². The van der Waals surface area contributed by atoms with Gasteiger partial charge in [0.15, 0.2) is 0 Å². The molecule has 0 aliphatic heterocycles. The lowest BCUT2D eigenvalue weighted by Gasteiger charge is -2.20. The van der Waals surface area contributed by atoms with Gasteiger partial charge in [-0.25, -0.2) is 0 Å². The number of halogens is 1. The van der Waals surface area contributed by atoms with Gasteiger partial charge in [0.05, 0.1) is 16.1 Å². The van der Waals surface area contributed by atoms with Gasteiger partial charge in [0.25, 0.3) is 0 Å². The second-order valence-corrected chi connectivity index (χ2v) is 18.8. The minimum absolute atomic E-state index is 1.13. The van der Waals surface area contributed by atoms with Crippen molar-refractivity contribution in [2.24, 2.45) is 0 Å². The molecule has 0 saturated heterocycles. The van der Waals surface area contributed by atoms with E-state index in [1.165, 1.54) is 11.1 Å². The largest absolute Gasteiger partial charge is 0.0783 e. The molecule has 0 heterocycles. The average molecular weight is 377 g/mol. The Kier molecular flexibility index (Phi) is 4.67. The van der Waals surface area contributed by atoms with Crippen LogP contribution in [0.2, 0.25) is 39.3 Å². The zero-order chi connectivity index (χ0) is 15.8. The van der Waals surface area contributed by atoms with Crippen molar-refractivity contribution >= 4 is 38.2 Å². The molecule has 0 atom stereocenters. The van der Waals surface area contributed by atoms with Crippen LogP contribution in [-0.4, -0.2) is 16.1 Å². The van der Waals surface area contributed by atoms with E-state index in [-0.39, 0.29) is 0 Å². The van der Waals surface area contributed by atoms with Crippen LogP contribution in [-0.2, 0) is 0 Å². The molecule has 2 rings (SSSR count). The highest BCUT2D eigenvalue weighted by molar-refractivity contribution is 9.10. The molecular weight excluding hydrogens is 352 g/mol. The first kappa shape index (κ1) is 16.7. The standard InChI is InChI=1S/C18H25BrSi2/c1-20(2,3)17-12-15(18(13-17)21(4,5)6)11-14-7-9-16(19)10-8-14/h7-13H,1-6H3/b15-11+. The first-order valence-corrected chi connectivity index (χ1v) is 15.3. The first-order chi connectivity index (χ1) is 9.57. The molecule has 3 heteroatoms. The molecule has 1 aliphatic carbocycles. The quantitative estimate of drug-likeness (QED) is 0.531. The van der Waals surface area contributed by atoms with E-state index in [9.17, 15) is 0 Å². The van der Waals surface area contributed by atoms with Gasteiger partial charge in [0, 0.05) is 4.47 Å². The van der Waals surface area contributed by atoms with Crippen molar-refractivity contribution in [3.8, 4) is 0 Å². The van der Waals surface area contributed by atoms with Crippen LogP contribution in [0.25, 0.3) is 6.08 Å². The van der Waals surface area contributed by atoms with Crippen molar-refractivity contribution in [2.45, 2.75) is 39.3 Å². The minimum atomic E-state index is -1.32. The summed E-state index contributed by atoms with van der Waals surface area (Å²) in [7, 11) is -2.57. The Bertz CT molecular complexity index is 621. The topological polar surface area (TPSA) is 0 Å². The molecular formula is C18H25BrSi2. The molecule has 0 nitrogen and oxygen atoms in total. The van der Waals surface area contributed by atoms with Gasteiger partial charge in [-0.05, 0) is 29.3 Å². The van der Waals surface area contributed by atoms with E-state index in [2.05, 4.69) is 97.7 Å². The highest BCUT2D eigenvalue weighted by Crippen LogP contribution is 2.36. The van der Waals surface area contributed by atoms with Crippen molar-refractivity contribution in [2.75, 3.05) is 0 Å². The lowest BCUT2D eigenvalue weighted by Crippen LogP contribution is -2.25. The lowest BCUT2D eigenvalue weighted by molar-refractivity contribution is 1.57. The summed E-state index contributed by atoms with van der Waals surface area (Å²) in [6.45, 7) is 14.6. The summed E-state index contributed by atoms with van der Waals surface area (Å²) in [6, 6.07) is 8.59. The van der Waals surface area contributed by atoms with Crippen LogP contribution in [0.5, 0.6) is 0 Å². The van der Waals surface area contributed by atoms with Gasteiger partial charge in [-0.15, -0.1) is 0 Å². The monoisotopic (exact) mass is 376 g/mol. The van der Waals surface area contributed by atoms with Crippen LogP contribution < -0.4 is 0 Å². The van der Waals surface area contributed by atoms with E-state index in [0.717, 1.165) is 4.47 Å². The maximum atomic E-state index is 3.51. The minimum Gasteiger partial charge on any atom is -0.0656 e. The van der Waals surface area contributed by atoms with Crippen molar-refractivity contribution in [1.82, 2.24) is 0 Å². The van der Waals surface area contributed by atoms with Crippen molar-refractivity contribution in [3.05, 3.63) is 62.4 Å². The molecule has 112 valence electrons. The highest BCUT2D eigenvalue weighted by atomic mass is 79.9. The van der Waals surface area contributed by atoms with Crippen molar-refractivity contribution < 1.29 is 0 Å². The predicted octanol–water partition coefficient (Wildman–Crippen LogP) is 6.45. The maximum Gasteiger partial charge on any atom is 0.0783 e.